The largest absolute Gasteiger partial charge is 0.416 e. The van der Waals surface area contributed by atoms with Gasteiger partial charge in [-0.15, -0.1) is 0 Å². The molecule has 1 aromatic rings. The molecule has 1 aliphatic carbocycles. The van der Waals surface area contributed by atoms with Crippen molar-refractivity contribution >= 4 is 29.1 Å². The molecule has 0 atom stereocenters. The van der Waals surface area contributed by atoms with Gasteiger partial charge in [-0.05, 0) is 58.1 Å². The van der Waals surface area contributed by atoms with Gasteiger partial charge in [0, 0.05) is 6.54 Å². The Bertz CT molecular complexity index is 688. The summed E-state index contributed by atoms with van der Waals surface area (Å²) in [5, 5.41) is 5.07. The van der Waals surface area contributed by atoms with Crippen LogP contribution in [0.2, 0.25) is 5.02 Å². The summed E-state index contributed by atoms with van der Waals surface area (Å²) in [6.07, 6.45) is -3.11. The molecule has 0 radical (unpaired) electrons. The molecule has 0 saturated heterocycles. The van der Waals surface area contributed by atoms with Crippen molar-refractivity contribution in [2.75, 3.05) is 32.5 Å². The fourth-order valence-electron chi connectivity index (χ4n) is 2.49. The zero-order valence-corrected chi connectivity index (χ0v) is 15.3. The maximum atomic E-state index is 12.8. The average Bonchev–Trinajstić information content (AvgIpc) is 3.34. The van der Waals surface area contributed by atoms with Gasteiger partial charge in [-0.3, -0.25) is 9.59 Å². The van der Waals surface area contributed by atoms with Crippen LogP contribution < -0.4 is 10.6 Å². The van der Waals surface area contributed by atoms with Crippen LogP contribution in [0.4, 0.5) is 18.9 Å². The van der Waals surface area contributed by atoms with E-state index in [0.717, 1.165) is 31.2 Å². The summed E-state index contributed by atoms with van der Waals surface area (Å²) in [4.78, 5) is 26.8. The first-order valence-electron chi connectivity index (χ1n) is 8.17. The molecule has 1 aliphatic rings. The van der Waals surface area contributed by atoms with Crippen LogP contribution in [0.3, 0.4) is 0 Å². The Morgan fingerprint density at radius 2 is 1.88 bits per heavy atom. The number of nitrogens with one attached hydrogen (secondary N) is 2. The smallest absolute Gasteiger partial charge is 0.355 e. The average molecular weight is 392 g/mol. The Morgan fingerprint density at radius 3 is 2.42 bits per heavy atom. The van der Waals surface area contributed by atoms with Gasteiger partial charge >= 0.3 is 6.18 Å². The molecule has 0 aromatic heterocycles. The number of carbonyl (C=O) groups excluding carboxylic acids is 2. The fourth-order valence-corrected chi connectivity index (χ4v) is 2.65. The summed E-state index contributed by atoms with van der Waals surface area (Å²) in [6, 6.07) is 2.68. The Labute approximate surface area is 154 Å². The van der Waals surface area contributed by atoms with E-state index in [1.807, 2.05) is 19.0 Å². The monoisotopic (exact) mass is 391 g/mol. The molecule has 2 rings (SSSR count). The van der Waals surface area contributed by atoms with Crippen molar-refractivity contribution < 1.29 is 22.8 Å². The second kappa shape index (κ2) is 7.84. The van der Waals surface area contributed by atoms with Gasteiger partial charge in [-0.2, -0.15) is 13.2 Å². The molecular formula is C17H21ClF3N3O2. The molecule has 1 saturated carbocycles. The fraction of sp³-hybridized carbons (Fsp3) is 0.529. The van der Waals surface area contributed by atoms with Crippen LogP contribution in [-0.4, -0.2) is 43.9 Å². The first-order valence-corrected chi connectivity index (χ1v) is 8.55. The number of nitrogens with zero attached hydrogens (tertiary/aromatic N) is 1. The van der Waals surface area contributed by atoms with Crippen molar-refractivity contribution in [3.8, 4) is 0 Å². The van der Waals surface area contributed by atoms with E-state index in [2.05, 4.69) is 10.6 Å². The highest BCUT2D eigenvalue weighted by Gasteiger charge is 2.56. The third-order valence-corrected chi connectivity index (χ3v) is 4.56. The van der Waals surface area contributed by atoms with E-state index in [0.29, 0.717) is 19.4 Å². The molecule has 0 heterocycles. The minimum Gasteiger partial charge on any atom is -0.355 e. The Balaban J connectivity index is 2.02. The van der Waals surface area contributed by atoms with Crippen molar-refractivity contribution in [1.82, 2.24) is 10.2 Å². The quantitative estimate of drug-likeness (QED) is 0.554. The van der Waals surface area contributed by atoms with E-state index in [-0.39, 0.29) is 10.7 Å². The van der Waals surface area contributed by atoms with E-state index < -0.39 is 29.0 Å². The summed E-state index contributed by atoms with van der Waals surface area (Å²) in [7, 11) is 3.83. The van der Waals surface area contributed by atoms with Gasteiger partial charge in [0.05, 0.1) is 16.3 Å². The molecule has 2 N–H and O–H groups in total. The number of rotatable bonds is 7. The molecule has 26 heavy (non-hydrogen) atoms. The summed E-state index contributed by atoms with van der Waals surface area (Å²) in [5.41, 5.74) is -2.30. The third-order valence-electron chi connectivity index (χ3n) is 4.23. The van der Waals surface area contributed by atoms with Crippen molar-refractivity contribution in [1.29, 1.82) is 0 Å². The Kier molecular flexibility index (Phi) is 6.18. The van der Waals surface area contributed by atoms with E-state index in [4.69, 9.17) is 11.6 Å². The maximum Gasteiger partial charge on any atom is 0.416 e. The third kappa shape index (κ3) is 4.88. The van der Waals surface area contributed by atoms with Gasteiger partial charge in [0.1, 0.15) is 5.41 Å². The molecule has 9 heteroatoms. The highest BCUT2D eigenvalue weighted by molar-refractivity contribution is 6.34. The minimum atomic E-state index is -4.55. The maximum absolute atomic E-state index is 12.8. The van der Waals surface area contributed by atoms with E-state index in [1.165, 1.54) is 0 Å². The zero-order chi connectivity index (χ0) is 19.5. The van der Waals surface area contributed by atoms with Crippen LogP contribution in [0.5, 0.6) is 0 Å². The van der Waals surface area contributed by atoms with Gasteiger partial charge in [0.2, 0.25) is 11.8 Å². The second-order valence-electron chi connectivity index (χ2n) is 6.64. The van der Waals surface area contributed by atoms with Crippen LogP contribution in [0.15, 0.2) is 18.2 Å². The summed E-state index contributed by atoms with van der Waals surface area (Å²) in [6.45, 7) is 1.22. The highest BCUT2D eigenvalue weighted by atomic mass is 35.5. The lowest BCUT2D eigenvalue weighted by molar-refractivity contribution is -0.138. The van der Waals surface area contributed by atoms with Gasteiger partial charge in [0.15, 0.2) is 0 Å². The summed E-state index contributed by atoms with van der Waals surface area (Å²) >= 11 is 5.89. The molecule has 1 fully saturated rings. The van der Waals surface area contributed by atoms with Crippen LogP contribution in [0, 0.1) is 5.41 Å². The summed E-state index contributed by atoms with van der Waals surface area (Å²) in [5.74, 6) is -1.04. The lowest BCUT2D eigenvalue weighted by atomic mass is 10.0. The first-order chi connectivity index (χ1) is 12.1. The topological polar surface area (TPSA) is 61.4 Å². The number of hydrogen-bond acceptors (Lipinski definition) is 3. The Hall–Kier alpha value is -1.80. The van der Waals surface area contributed by atoms with Crippen LogP contribution in [0.1, 0.15) is 24.8 Å². The zero-order valence-electron chi connectivity index (χ0n) is 14.5. The molecule has 0 unspecified atom stereocenters. The molecule has 0 aliphatic heterocycles. The van der Waals surface area contributed by atoms with E-state index >= 15 is 0 Å². The first kappa shape index (κ1) is 20.5. The number of benzene rings is 1. The predicted octanol–water partition coefficient (Wildman–Crippen LogP) is 3.15. The Morgan fingerprint density at radius 1 is 1.23 bits per heavy atom. The van der Waals surface area contributed by atoms with Crippen LogP contribution in [-0.2, 0) is 15.8 Å². The van der Waals surface area contributed by atoms with E-state index in [9.17, 15) is 22.8 Å². The molecule has 5 nitrogen and oxygen atoms in total. The summed E-state index contributed by atoms with van der Waals surface area (Å²) < 4.78 is 38.5. The van der Waals surface area contributed by atoms with Crippen molar-refractivity contribution in [2.24, 2.45) is 5.41 Å². The SMILES string of the molecule is CN(C)CCCNC(=O)C1(C(=O)Nc2cc(C(F)(F)F)ccc2Cl)CC1. The molecule has 0 spiro atoms. The van der Waals surface area contributed by atoms with Gasteiger partial charge in [-0.25, -0.2) is 0 Å². The van der Waals surface area contributed by atoms with Gasteiger partial charge in [-0.1, -0.05) is 11.6 Å². The minimum absolute atomic E-state index is 0.0199. The number of alkyl halides is 3. The number of carbonyl (C=O) groups is 2. The van der Waals surface area contributed by atoms with Gasteiger partial charge in [0.25, 0.3) is 0 Å². The second-order valence-corrected chi connectivity index (χ2v) is 7.05. The normalized spacial score (nSPS) is 15.7. The van der Waals surface area contributed by atoms with Crippen molar-refractivity contribution in [3.05, 3.63) is 28.8 Å². The van der Waals surface area contributed by atoms with Crippen molar-refractivity contribution in [3.63, 3.8) is 0 Å². The standard InChI is InChI=1S/C17H21ClF3N3O2/c1-24(2)9-3-8-22-14(25)16(6-7-16)15(26)23-13-10-11(17(19,20)21)4-5-12(13)18/h4-5,10H,3,6-9H2,1-2H3,(H,22,25)(H,23,26). The lowest BCUT2D eigenvalue weighted by Gasteiger charge is -2.17. The number of halogens is 4. The number of anilines is 1. The van der Waals surface area contributed by atoms with Crippen LogP contribution >= 0.6 is 11.6 Å². The molecule has 0 bridgehead atoms. The molecule has 2 amide bonds. The molecule has 1 aromatic carbocycles. The molecular weight excluding hydrogens is 371 g/mol. The predicted molar refractivity (Wildman–Crippen MR) is 92.9 cm³/mol. The number of amides is 2. The number of hydrogen-bond donors (Lipinski definition) is 2. The van der Waals surface area contributed by atoms with Crippen molar-refractivity contribution in [2.45, 2.75) is 25.4 Å². The van der Waals surface area contributed by atoms with E-state index in [1.54, 1.807) is 0 Å². The highest BCUT2D eigenvalue weighted by Crippen LogP contribution is 2.47. The lowest BCUT2D eigenvalue weighted by Crippen LogP contribution is -2.40. The molecule has 144 valence electrons. The van der Waals surface area contributed by atoms with Gasteiger partial charge < -0.3 is 15.5 Å². The van der Waals surface area contributed by atoms with Crippen LogP contribution in [0.25, 0.3) is 0 Å².